The number of nitrogens with one attached hydrogen (secondary N) is 2. The summed E-state index contributed by atoms with van der Waals surface area (Å²) in [5.41, 5.74) is 3.91. The van der Waals surface area contributed by atoms with Crippen molar-refractivity contribution in [3.8, 4) is 0 Å². The Bertz CT molecular complexity index is 1060. The van der Waals surface area contributed by atoms with Crippen LogP contribution < -0.4 is 15.5 Å². The molecule has 0 spiro atoms. The van der Waals surface area contributed by atoms with Gasteiger partial charge in [-0.25, -0.2) is 4.98 Å². The Hall–Kier alpha value is -3.38. The lowest BCUT2D eigenvalue weighted by molar-refractivity contribution is 0.0944. The average Bonchev–Trinajstić information content (AvgIpc) is 2.86. The predicted octanol–water partition coefficient (Wildman–Crippen LogP) is 4.58. The number of carbonyl (C=O) groups excluding carboxylic acids is 1. The summed E-state index contributed by atoms with van der Waals surface area (Å²) in [6.45, 7) is 3.77. The summed E-state index contributed by atoms with van der Waals surface area (Å²) in [5, 5.41) is 6.46. The van der Waals surface area contributed by atoms with E-state index in [1.165, 1.54) is 24.8 Å². The fourth-order valence-electron chi connectivity index (χ4n) is 4.44. The molecule has 0 unspecified atom stereocenters. The molecule has 0 atom stereocenters. The molecular formula is C28H35N5O. The Kier molecular flexibility index (Phi) is 8.15. The topological polar surface area (TPSA) is 60.5 Å². The maximum Gasteiger partial charge on any atom is 0.251 e. The molecule has 0 saturated carbocycles. The first kappa shape index (κ1) is 23.8. The van der Waals surface area contributed by atoms with Crippen molar-refractivity contribution < 1.29 is 4.79 Å². The molecule has 1 aromatic heterocycles. The summed E-state index contributed by atoms with van der Waals surface area (Å²) in [7, 11) is 3.92. The van der Waals surface area contributed by atoms with E-state index in [4.69, 9.17) is 0 Å². The van der Waals surface area contributed by atoms with E-state index < -0.39 is 0 Å². The lowest BCUT2D eigenvalue weighted by Gasteiger charge is -2.32. The van der Waals surface area contributed by atoms with Gasteiger partial charge in [0.15, 0.2) is 0 Å². The molecule has 3 aromatic rings. The number of likely N-dealkylation sites (tertiary alicyclic amines) is 1. The summed E-state index contributed by atoms with van der Waals surface area (Å²) >= 11 is 0. The highest BCUT2D eigenvalue weighted by Gasteiger charge is 2.19. The number of amides is 1. The molecule has 0 aliphatic carbocycles. The normalized spacial score (nSPS) is 14.5. The van der Waals surface area contributed by atoms with E-state index in [0.717, 1.165) is 42.7 Å². The second kappa shape index (κ2) is 11.7. The maximum absolute atomic E-state index is 12.7. The molecule has 1 saturated heterocycles. The van der Waals surface area contributed by atoms with Crippen LogP contribution >= 0.6 is 0 Å². The van der Waals surface area contributed by atoms with Crippen molar-refractivity contribution in [2.24, 2.45) is 5.92 Å². The number of hydrogen-bond donors (Lipinski definition) is 2. The molecule has 2 aromatic carbocycles. The van der Waals surface area contributed by atoms with E-state index in [1.54, 1.807) is 6.20 Å². The third-order valence-electron chi connectivity index (χ3n) is 6.41. The van der Waals surface area contributed by atoms with Gasteiger partial charge in [0, 0.05) is 56.4 Å². The molecule has 4 rings (SSSR count). The fraction of sp³-hybridized carbons (Fsp3) is 0.357. The maximum atomic E-state index is 12.7. The monoisotopic (exact) mass is 457 g/mol. The van der Waals surface area contributed by atoms with E-state index >= 15 is 0 Å². The molecule has 0 radical (unpaired) electrons. The Labute approximate surface area is 203 Å². The van der Waals surface area contributed by atoms with Crippen molar-refractivity contribution in [1.29, 1.82) is 0 Å². The van der Waals surface area contributed by atoms with Gasteiger partial charge in [0.2, 0.25) is 0 Å². The van der Waals surface area contributed by atoms with Crippen molar-refractivity contribution in [1.82, 2.24) is 15.2 Å². The van der Waals surface area contributed by atoms with Gasteiger partial charge >= 0.3 is 0 Å². The Morgan fingerprint density at radius 2 is 1.76 bits per heavy atom. The Balaban J connectivity index is 1.21. The minimum absolute atomic E-state index is 0.0358. The van der Waals surface area contributed by atoms with Crippen LogP contribution in [-0.4, -0.2) is 56.1 Å². The predicted molar refractivity (Wildman–Crippen MR) is 140 cm³/mol. The van der Waals surface area contributed by atoms with Gasteiger partial charge in [-0.1, -0.05) is 36.4 Å². The third-order valence-corrected chi connectivity index (χ3v) is 6.41. The van der Waals surface area contributed by atoms with Crippen LogP contribution in [0.25, 0.3) is 0 Å². The van der Waals surface area contributed by atoms with Gasteiger partial charge in [-0.05, 0) is 68.1 Å². The van der Waals surface area contributed by atoms with Crippen LogP contribution in [-0.2, 0) is 6.42 Å². The summed E-state index contributed by atoms with van der Waals surface area (Å²) in [6, 6.07) is 22.3. The molecule has 1 fully saturated rings. The number of anilines is 3. The number of carbonyl (C=O) groups is 1. The molecule has 6 heteroatoms. The molecule has 1 aliphatic heterocycles. The van der Waals surface area contributed by atoms with Crippen molar-refractivity contribution in [2.75, 3.05) is 50.5 Å². The van der Waals surface area contributed by atoms with Crippen molar-refractivity contribution >= 4 is 23.1 Å². The van der Waals surface area contributed by atoms with Gasteiger partial charge in [0.1, 0.15) is 5.82 Å². The highest BCUT2D eigenvalue weighted by Crippen LogP contribution is 2.22. The number of nitrogens with zero attached hydrogens (tertiary/aromatic N) is 3. The molecular weight excluding hydrogens is 422 g/mol. The van der Waals surface area contributed by atoms with Gasteiger partial charge in [-0.2, -0.15) is 0 Å². The first-order valence-corrected chi connectivity index (χ1v) is 12.1. The lowest BCUT2D eigenvalue weighted by atomic mass is 9.90. The Morgan fingerprint density at radius 1 is 1.00 bits per heavy atom. The quantitative estimate of drug-likeness (QED) is 0.493. The Morgan fingerprint density at radius 3 is 2.53 bits per heavy atom. The van der Waals surface area contributed by atoms with Crippen LogP contribution in [0, 0.1) is 5.92 Å². The zero-order valence-corrected chi connectivity index (χ0v) is 20.2. The second-order valence-corrected chi connectivity index (χ2v) is 9.23. The number of aromatic nitrogens is 1. The zero-order valence-electron chi connectivity index (χ0n) is 20.2. The first-order valence-electron chi connectivity index (χ1n) is 12.1. The summed E-state index contributed by atoms with van der Waals surface area (Å²) in [4.78, 5) is 21.5. The summed E-state index contributed by atoms with van der Waals surface area (Å²) in [5.74, 6) is 1.60. The van der Waals surface area contributed by atoms with Crippen LogP contribution in [0.15, 0.2) is 72.9 Å². The van der Waals surface area contributed by atoms with E-state index in [-0.39, 0.29) is 5.91 Å². The van der Waals surface area contributed by atoms with Crippen LogP contribution in [0.3, 0.4) is 0 Å². The molecule has 34 heavy (non-hydrogen) atoms. The SMILES string of the molecule is CN(C)c1cc(Nc2cccc(C(=O)NCCN3CCC(Cc4ccccc4)CC3)c2)ccn1. The standard InChI is InChI=1S/C28H35N5O/c1-32(2)27-21-26(11-14-29-27)31-25-10-6-9-24(20-25)28(34)30-15-18-33-16-12-23(13-17-33)19-22-7-4-3-5-8-22/h3-11,14,20-21,23H,12-13,15-19H2,1-2H3,(H,29,31)(H,30,34). The first-order chi connectivity index (χ1) is 16.6. The van der Waals surface area contributed by atoms with E-state index in [9.17, 15) is 4.79 Å². The number of hydrogen-bond acceptors (Lipinski definition) is 5. The van der Waals surface area contributed by atoms with Crippen molar-refractivity contribution in [3.05, 3.63) is 84.1 Å². The van der Waals surface area contributed by atoms with Crippen LogP contribution in [0.1, 0.15) is 28.8 Å². The number of benzene rings is 2. The lowest BCUT2D eigenvalue weighted by Crippen LogP contribution is -2.39. The summed E-state index contributed by atoms with van der Waals surface area (Å²) in [6.07, 6.45) is 5.40. The molecule has 0 bridgehead atoms. The van der Waals surface area contributed by atoms with Gasteiger partial charge < -0.3 is 20.4 Å². The van der Waals surface area contributed by atoms with E-state index in [1.807, 2.05) is 55.4 Å². The van der Waals surface area contributed by atoms with Crippen LogP contribution in [0.5, 0.6) is 0 Å². The third kappa shape index (κ3) is 6.81. The van der Waals surface area contributed by atoms with Crippen LogP contribution in [0.2, 0.25) is 0 Å². The van der Waals surface area contributed by atoms with Crippen molar-refractivity contribution in [3.63, 3.8) is 0 Å². The van der Waals surface area contributed by atoms with Crippen LogP contribution in [0.4, 0.5) is 17.2 Å². The van der Waals surface area contributed by atoms with E-state index in [0.29, 0.717) is 12.1 Å². The smallest absolute Gasteiger partial charge is 0.251 e. The van der Waals surface area contributed by atoms with Crippen molar-refractivity contribution in [2.45, 2.75) is 19.3 Å². The highest BCUT2D eigenvalue weighted by atomic mass is 16.1. The molecule has 2 heterocycles. The number of piperidine rings is 1. The second-order valence-electron chi connectivity index (χ2n) is 9.23. The molecule has 1 amide bonds. The molecule has 1 aliphatic rings. The van der Waals surface area contributed by atoms with E-state index in [2.05, 4.69) is 50.8 Å². The molecule has 6 nitrogen and oxygen atoms in total. The van der Waals surface area contributed by atoms with Gasteiger partial charge in [-0.15, -0.1) is 0 Å². The highest BCUT2D eigenvalue weighted by molar-refractivity contribution is 5.95. The largest absolute Gasteiger partial charge is 0.363 e. The minimum Gasteiger partial charge on any atom is -0.363 e. The number of rotatable bonds is 9. The summed E-state index contributed by atoms with van der Waals surface area (Å²) < 4.78 is 0. The molecule has 2 N–H and O–H groups in total. The molecule has 178 valence electrons. The minimum atomic E-state index is -0.0358. The van der Waals surface area contributed by atoms with Gasteiger partial charge in [0.25, 0.3) is 5.91 Å². The van der Waals surface area contributed by atoms with Gasteiger partial charge in [-0.3, -0.25) is 4.79 Å². The fourth-order valence-corrected chi connectivity index (χ4v) is 4.44. The average molecular weight is 458 g/mol. The number of pyridine rings is 1. The van der Waals surface area contributed by atoms with Gasteiger partial charge in [0.05, 0.1) is 0 Å². The zero-order chi connectivity index (χ0) is 23.8.